The van der Waals surface area contributed by atoms with E-state index in [0.717, 1.165) is 5.57 Å². The normalized spacial score (nSPS) is 16.2. The highest BCUT2D eigenvalue weighted by atomic mass is 19.1. The van der Waals surface area contributed by atoms with Gasteiger partial charge in [0.2, 0.25) is 6.80 Å². The van der Waals surface area contributed by atoms with Crippen LogP contribution < -0.4 is 5.32 Å². The van der Waals surface area contributed by atoms with Crippen LogP contribution in [0.3, 0.4) is 0 Å². The molecule has 0 saturated heterocycles. The highest BCUT2D eigenvalue weighted by molar-refractivity contribution is 5.28. The molecule has 0 bridgehead atoms. The maximum Gasteiger partial charge on any atom is 0.222 e. The zero-order valence-corrected chi connectivity index (χ0v) is 14.7. The highest BCUT2D eigenvalue weighted by Crippen LogP contribution is 2.22. The minimum Gasteiger partial charge on any atom is -0.394 e. The molecular weight excluding hydrogens is 263 g/mol. The Morgan fingerprint density at radius 2 is 1.86 bits per heavy atom. The first-order valence-corrected chi connectivity index (χ1v) is 7.53. The fraction of sp³-hybridized carbons (Fsp3) is 0.556. The second kappa shape index (κ2) is 9.56. The van der Waals surface area contributed by atoms with Crippen LogP contribution in [-0.2, 0) is 0 Å². The number of halogens is 1. The van der Waals surface area contributed by atoms with Gasteiger partial charge in [-0.3, -0.25) is 4.48 Å². The van der Waals surface area contributed by atoms with E-state index in [9.17, 15) is 4.39 Å². The molecule has 0 aliphatic rings. The summed E-state index contributed by atoms with van der Waals surface area (Å²) in [6, 6.07) is 0.00936. The summed E-state index contributed by atoms with van der Waals surface area (Å²) < 4.78 is 13.7. The van der Waals surface area contributed by atoms with Crippen molar-refractivity contribution in [1.29, 1.82) is 0 Å². The van der Waals surface area contributed by atoms with E-state index in [0.29, 0.717) is 5.92 Å². The van der Waals surface area contributed by atoms with Gasteiger partial charge in [-0.25, -0.2) is 0 Å². The molecule has 0 amide bonds. The number of alkyl halides is 1. The fourth-order valence-corrected chi connectivity index (χ4v) is 2.17. The van der Waals surface area contributed by atoms with Crippen molar-refractivity contribution in [1.82, 2.24) is 5.32 Å². The number of hydrogen-bond donors (Lipinski definition) is 1. The maximum atomic E-state index is 13.4. The Morgan fingerprint density at radius 1 is 1.24 bits per heavy atom. The Balaban J connectivity index is 5.68. The lowest BCUT2D eigenvalue weighted by molar-refractivity contribution is -0.915. The molecule has 3 heteroatoms. The quantitative estimate of drug-likeness (QED) is 0.402. The molecule has 21 heavy (non-hydrogen) atoms. The number of rotatable bonds is 8. The van der Waals surface area contributed by atoms with Crippen LogP contribution in [0.25, 0.3) is 0 Å². The van der Waals surface area contributed by atoms with Crippen LogP contribution in [0.4, 0.5) is 4.39 Å². The monoisotopic (exact) mass is 295 g/mol. The molecule has 1 unspecified atom stereocenters. The molecule has 0 rings (SSSR count). The molecular formula is C18H32FN2+. The van der Waals surface area contributed by atoms with Gasteiger partial charge in [-0.15, -0.1) is 0 Å². The Hall–Kier alpha value is -1.35. The topological polar surface area (TPSA) is 12.0 Å². The van der Waals surface area contributed by atoms with E-state index in [1.807, 2.05) is 59.4 Å². The molecule has 1 atom stereocenters. The Morgan fingerprint density at radius 3 is 2.29 bits per heavy atom. The zero-order valence-electron chi connectivity index (χ0n) is 14.7. The molecule has 0 saturated carbocycles. The average molecular weight is 295 g/mol. The van der Waals surface area contributed by atoms with E-state index in [4.69, 9.17) is 0 Å². The molecule has 0 aliphatic carbocycles. The van der Waals surface area contributed by atoms with Crippen molar-refractivity contribution >= 4 is 0 Å². The van der Waals surface area contributed by atoms with Gasteiger partial charge in [0.1, 0.15) is 6.04 Å². The lowest BCUT2D eigenvalue weighted by Crippen LogP contribution is -2.48. The number of allylic oxidation sites excluding steroid dienone is 5. The fourth-order valence-electron chi connectivity index (χ4n) is 2.17. The Labute approximate surface area is 130 Å². The third kappa shape index (κ3) is 6.76. The molecule has 0 fully saturated rings. The average Bonchev–Trinajstić information content (AvgIpc) is 2.42. The molecule has 0 aromatic heterocycles. The van der Waals surface area contributed by atoms with Crippen molar-refractivity contribution < 1.29 is 8.87 Å². The summed E-state index contributed by atoms with van der Waals surface area (Å²) in [5.41, 5.74) is 2.35. The lowest BCUT2D eigenvalue weighted by Gasteiger charge is -2.35. The number of likely N-dealkylation sites (N-methyl/N-ethyl adjacent to an activating group) is 1. The summed E-state index contributed by atoms with van der Waals surface area (Å²) in [5, 5.41) is 3.05. The van der Waals surface area contributed by atoms with Crippen molar-refractivity contribution in [3.05, 3.63) is 47.7 Å². The van der Waals surface area contributed by atoms with Crippen molar-refractivity contribution in [3.63, 3.8) is 0 Å². The van der Waals surface area contributed by atoms with Crippen LogP contribution in [0.5, 0.6) is 0 Å². The van der Waals surface area contributed by atoms with E-state index in [1.54, 1.807) is 0 Å². The van der Waals surface area contributed by atoms with Gasteiger partial charge in [0.15, 0.2) is 0 Å². The van der Waals surface area contributed by atoms with Gasteiger partial charge in [0, 0.05) is 18.8 Å². The smallest absolute Gasteiger partial charge is 0.222 e. The predicted molar refractivity (Wildman–Crippen MR) is 91.6 cm³/mol. The molecule has 2 nitrogen and oxygen atoms in total. The maximum absolute atomic E-state index is 13.4. The summed E-state index contributed by atoms with van der Waals surface area (Å²) >= 11 is 0. The van der Waals surface area contributed by atoms with E-state index in [2.05, 4.69) is 31.3 Å². The van der Waals surface area contributed by atoms with Crippen molar-refractivity contribution in [2.45, 2.75) is 33.7 Å². The van der Waals surface area contributed by atoms with Crippen LogP contribution in [0.1, 0.15) is 27.7 Å². The first-order valence-electron chi connectivity index (χ1n) is 7.53. The molecule has 0 aromatic rings. The third-order valence-electron chi connectivity index (χ3n) is 3.51. The second-order valence-corrected chi connectivity index (χ2v) is 6.23. The van der Waals surface area contributed by atoms with Gasteiger partial charge in [0.05, 0.1) is 14.1 Å². The summed E-state index contributed by atoms with van der Waals surface area (Å²) in [4.78, 5) is 0. The number of nitrogens with zero attached hydrogens (tertiary/aromatic N) is 1. The number of nitrogens with one attached hydrogen (secondary N) is 1. The molecule has 0 radical (unpaired) electrons. The van der Waals surface area contributed by atoms with Crippen LogP contribution in [0.15, 0.2) is 47.7 Å². The summed E-state index contributed by atoms with van der Waals surface area (Å²) in [5.74, 6) is 0.399. The van der Waals surface area contributed by atoms with Gasteiger partial charge in [-0.2, -0.15) is 4.39 Å². The van der Waals surface area contributed by atoms with Crippen LogP contribution in [0, 0.1) is 5.92 Å². The minimum absolute atomic E-state index is 0.00936. The van der Waals surface area contributed by atoms with E-state index < -0.39 is 6.80 Å². The van der Waals surface area contributed by atoms with Gasteiger partial charge < -0.3 is 5.32 Å². The van der Waals surface area contributed by atoms with Crippen molar-refractivity contribution in [3.8, 4) is 0 Å². The first kappa shape index (κ1) is 19.7. The molecule has 1 N–H and O–H groups in total. The molecule has 0 aromatic carbocycles. The van der Waals surface area contributed by atoms with Crippen LogP contribution in [-0.4, -0.2) is 38.5 Å². The second-order valence-electron chi connectivity index (χ2n) is 6.23. The van der Waals surface area contributed by atoms with Crippen LogP contribution in [0.2, 0.25) is 0 Å². The van der Waals surface area contributed by atoms with Gasteiger partial charge in [-0.1, -0.05) is 38.2 Å². The molecule has 0 heterocycles. The lowest BCUT2D eigenvalue weighted by atomic mass is 9.96. The SMILES string of the molecule is C/C=C/C=C\C(=C\C(/C(C)=C\NC)[N+](C)(C)CF)C(C)C. The van der Waals surface area contributed by atoms with Gasteiger partial charge >= 0.3 is 0 Å². The number of hydrogen-bond acceptors (Lipinski definition) is 1. The summed E-state index contributed by atoms with van der Waals surface area (Å²) in [6.45, 7) is 7.96. The predicted octanol–water partition coefficient (Wildman–Crippen LogP) is 4.20. The highest BCUT2D eigenvalue weighted by Gasteiger charge is 2.28. The summed E-state index contributed by atoms with van der Waals surface area (Å²) in [7, 11) is 5.71. The zero-order chi connectivity index (χ0) is 16.5. The molecule has 0 aliphatic heterocycles. The van der Waals surface area contributed by atoms with Crippen LogP contribution >= 0.6 is 0 Å². The van der Waals surface area contributed by atoms with Gasteiger partial charge in [0.25, 0.3) is 0 Å². The first-order chi connectivity index (χ1) is 9.80. The van der Waals surface area contributed by atoms with Crippen molar-refractivity contribution in [2.24, 2.45) is 5.92 Å². The Bertz CT molecular complexity index is 415. The minimum atomic E-state index is -0.403. The third-order valence-corrected chi connectivity index (χ3v) is 3.51. The van der Waals surface area contributed by atoms with E-state index in [-0.39, 0.29) is 10.5 Å². The Kier molecular flexibility index (Phi) is 8.95. The molecule has 0 spiro atoms. The van der Waals surface area contributed by atoms with E-state index >= 15 is 0 Å². The van der Waals surface area contributed by atoms with E-state index in [1.165, 1.54) is 5.57 Å². The number of quaternary nitrogens is 1. The standard InChI is InChI=1S/C18H32FN2/c1-8-9-10-11-17(15(2)3)12-18(16(4)13-20-5)21(6,7)14-19/h8-13,15,18,20H,14H2,1-7H3/q+1/b9-8+,11-10-,16-13-,17-12-. The molecule has 120 valence electrons. The van der Waals surface area contributed by atoms with Gasteiger partial charge in [-0.05, 0) is 31.4 Å². The van der Waals surface area contributed by atoms with Crippen molar-refractivity contribution in [2.75, 3.05) is 27.9 Å². The summed E-state index contributed by atoms with van der Waals surface area (Å²) in [6.07, 6.45) is 12.3. The largest absolute Gasteiger partial charge is 0.394 e.